The van der Waals surface area contributed by atoms with E-state index in [1.54, 1.807) is 37.3 Å². The molecule has 1 N–H and O–H groups in total. The van der Waals surface area contributed by atoms with E-state index in [0.29, 0.717) is 16.0 Å². The number of aliphatic hydroxyl groups is 1. The summed E-state index contributed by atoms with van der Waals surface area (Å²) in [5, 5.41) is 9.39. The normalized spacial score (nSPS) is 12.2. The van der Waals surface area contributed by atoms with Gasteiger partial charge in [0, 0.05) is 6.07 Å². The van der Waals surface area contributed by atoms with Gasteiger partial charge in [-0.1, -0.05) is 12.1 Å². The average molecular weight is 311 g/mol. The first kappa shape index (κ1) is 13.1. The molecule has 1 unspecified atom stereocenters. The Bertz CT molecular complexity index is 538. The second kappa shape index (κ2) is 5.50. The standard InChI is InChI=1S/C14H12BrFO2/c1-9(17)10-2-5-12(6-3-10)18-14-8-11(16)4-7-13(14)15/h2-9,17H,1H3. The lowest BCUT2D eigenvalue weighted by Gasteiger charge is -2.09. The van der Waals surface area contributed by atoms with Gasteiger partial charge in [-0.05, 0) is 52.7 Å². The zero-order valence-corrected chi connectivity index (χ0v) is 11.3. The van der Waals surface area contributed by atoms with E-state index in [4.69, 9.17) is 4.74 Å². The number of benzene rings is 2. The molecular formula is C14H12BrFO2. The van der Waals surface area contributed by atoms with Crippen molar-refractivity contribution in [3.8, 4) is 11.5 Å². The van der Waals surface area contributed by atoms with Crippen LogP contribution in [0.5, 0.6) is 11.5 Å². The third-order valence-electron chi connectivity index (χ3n) is 2.48. The summed E-state index contributed by atoms with van der Waals surface area (Å²) in [4.78, 5) is 0. The van der Waals surface area contributed by atoms with Crippen LogP contribution in [0.15, 0.2) is 46.9 Å². The van der Waals surface area contributed by atoms with Crippen molar-refractivity contribution in [1.29, 1.82) is 0 Å². The summed E-state index contributed by atoms with van der Waals surface area (Å²) in [6.07, 6.45) is -0.514. The van der Waals surface area contributed by atoms with Gasteiger partial charge in [-0.15, -0.1) is 0 Å². The molecule has 0 saturated heterocycles. The van der Waals surface area contributed by atoms with E-state index in [0.717, 1.165) is 5.56 Å². The van der Waals surface area contributed by atoms with Gasteiger partial charge in [-0.3, -0.25) is 0 Å². The van der Waals surface area contributed by atoms with Crippen molar-refractivity contribution in [2.24, 2.45) is 0 Å². The molecule has 0 spiro atoms. The molecule has 0 fully saturated rings. The molecule has 0 bridgehead atoms. The number of hydrogen-bond donors (Lipinski definition) is 1. The van der Waals surface area contributed by atoms with Crippen molar-refractivity contribution in [3.63, 3.8) is 0 Å². The maximum absolute atomic E-state index is 13.1. The molecule has 2 rings (SSSR count). The molecule has 0 amide bonds. The SMILES string of the molecule is CC(O)c1ccc(Oc2cc(F)ccc2Br)cc1. The minimum absolute atomic E-state index is 0.353. The molecule has 2 aromatic carbocycles. The van der Waals surface area contributed by atoms with Crippen molar-refractivity contribution in [2.45, 2.75) is 13.0 Å². The van der Waals surface area contributed by atoms with Gasteiger partial charge in [0.2, 0.25) is 0 Å². The largest absolute Gasteiger partial charge is 0.456 e. The van der Waals surface area contributed by atoms with Gasteiger partial charge in [0.25, 0.3) is 0 Å². The van der Waals surface area contributed by atoms with Gasteiger partial charge < -0.3 is 9.84 Å². The molecule has 0 saturated carbocycles. The molecule has 94 valence electrons. The highest BCUT2D eigenvalue weighted by Crippen LogP contribution is 2.30. The Morgan fingerprint density at radius 3 is 2.44 bits per heavy atom. The Labute approximate surface area is 113 Å². The molecular weight excluding hydrogens is 299 g/mol. The van der Waals surface area contributed by atoms with E-state index >= 15 is 0 Å². The molecule has 18 heavy (non-hydrogen) atoms. The molecule has 1 atom stereocenters. The Hall–Kier alpha value is -1.39. The van der Waals surface area contributed by atoms with Crippen LogP contribution in [-0.4, -0.2) is 5.11 Å². The molecule has 0 aliphatic carbocycles. The van der Waals surface area contributed by atoms with Crippen LogP contribution in [0.25, 0.3) is 0 Å². The fourth-order valence-electron chi connectivity index (χ4n) is 1.50. The van der Waals surface area contributed by atoms with E-state index in [2.05, 4.69) is 15.9 Å². The third-order valence-corrected chi connectivity index (χ3v) is 3.14. The maximum atomic E-state index is 13.1. The quantitative estimate of drug-likeness (QED) is 0.908. The minimum Gasteiger partial charge on any atom is -0.456 e. The smallest absolute Gasteiger partial charge is 0.144 e. The summed E-state index contributed by atoms with van der Waals surface area (Å²) in [7, 11) is 0. The van der Waals surface area contributed by atoms with Gasteiger partial charge in [0.1, 0.15) is 17.3 Å². The highest BCUT2D eigenvalue weighted by atomic mass is 79.9. The molecule has 0 aromatic heterocycles. The van der Waals surface area contributed by atoms with E-state index in [-0.39, 0.29) is 5.82 Å². The van der Waals surface area contributed by atoms with E-state index in [9.17, 15) is 9.50 Å². The van der Waals surface area contributed by atoms with Gasteiger partial charge in [0.05, 0.1) is 10.6 Å². The van der Waals surface area contributed by atoms with Crippen LogP contribution >= 0.6 is 15.9 Å². The zero-order chi connectivity index (χ0) is 13.1. The van der Waals surface area contributed by atoms with Crippen LogP contribution in [0.3, 0.4) is 0 Å². The van der Waals surface area contributed by atoms with Crippen molar-refractivity contribution >= 4 is 15.9 Å². The molecule has 2 nitrogen and oxygen atoms in total. The average Bonchev–Trinajstić information content (AvgIpc) is 2.34. The third kappa shape index (κ3) is 3.09. The van der Waals surface area contributed by atoms with Gasteiger partial charge in [0.15, 0.2) is 0 Å². The molecule has 2 aromatic rings. The van der Waals surface area contributed by atoms with Crippen molar-refractivity contribution < 1.29 is 14.2 Å². The van der Waals surface area contributed by atoms with Gasteiger partial charge in [-0.2, -0.15) is 0 Å². The van der Waals surface area contributed by atoms with E-state index < -0.39 is 6.10 Å². The Morgan fingerprint density at radius 2 is 1.83 bits per heavy atom. The summed E-state index contributed by atoms with van der Waals surface area (Å²) in [5.74, 6) is 0.652. The lowest BCUT2D eigenvalue weighted by Crippen LogP contribution is -1.91. The first-order chi connectivity index (χ1) is 8.56. The second-order valence-electron chi connectivity index (χ2n) is 3.92. The molecule has 0 heterocycles. The van der Waals surface area contributed by atoms with Gasteiger partial charge >= 0.3 is 0 Å². The lowest BCUT2D eigenvalue weighted by atomic mass is 10.1. The molecule has 0 aliphatic heterocycles. The van der Waals surface area contributed by atoms with Crippen molar-refractivity contribution in [2.75, 3.05) is 0 Å². The monoisotopic (exact) mass is 310 g/mol. The van der Waals surface area contributed by atoms with Crippen molar-refractivity contribution in [1.82, 2.24) is 0 Å². The first-order valence-electron chi connectivity index (χ1n) is 5.47. The Kier molecular flexibility index (Phi) is 3.99. The first-order valence-corrected chi connectivity index (χ1v) is 6.26. The van der Waals surface area contributed by atoms with Crippen LogP contribution in [0.1, 0.15) is 18.6 Å². The second-order valence-corrected chi connectivity index (χ2v) is 4.78. The molecule has 0 radical (unpaired) electrons. The fourth-order valence-corrected chi connectivity index (χ4v) is 1.82. The van der Waals surface area contributed by atoms with Crippen LogP contribution in [0, 0.1) is 5.82 Å². The van der Waals surface area contributed by atoms with Crippen LogP contribution < -0.4 is 4.74 Å². The van der Waals surface area contributed by atoms with Crippen LogP contribution in [0.2, 0.25) is 0 Å². The summed E-state index contributed by atoms with van der Waals surface area (Å²) in [6, 6.07) is 11.3. The summed E-state index contributed by atoms with van der Waals surface area (Å²) in [6.45, 7) is 1.69. The summed E-state index contributed by atoms with van der Waals surface area (Å²) < 4.78 is 19.3. The number of rotatable bonds is 3. The highest BCUT2D eigenvalue weighted by molar-refractivity contribution is 9.10. The number of hydrogen-bond acceptors (Lipinski definition) is 2. The van der Waals surface area contributed by atoms with Crippen LogP contribution in [-0.2, 0) is 0 Å². The number of aliphatic hydroxyl groups excluding tert-OH is 1. The summed E-state index contributed by atoms with van der Waals surface area (Å²) >= 11 is 3.29. The number of halogens is 2. The van der Waals surface area contributed by atoms with Crippen molar-refractivity contribution in [3.05, 3.63) is 58.3 Å². The topological polar surface area (TPSA) is 29.5 Å². The predicted molar refractivity (Wildman–Crippen MR) is 71.2 cm³/mol. The van der Waals surface area contributed by atoms with Gasteiger partial charge in [-0.25, -0.2) is 4.39 Å². The predicted octanol–water partition coefficient (Wildman–Crippen LogP) is 4.43. The highest BCUT2D eigenvalue weighted by Gasteiger charge is 2.05. The summed E-state index contributed by atoms with van der Waals surface area (Å²) in [5.41, 5.74) is 0.806. The fraction of sp³-hybridized carbons (Fsp3) is 0.143. The Morgan fingerprint density at radius 1 is 1.17 bits per heavy atom. The van der Waals surface area contributed by atoms with E-state index in [1.807, 2.05) is 0 Å². The molecule has 4 heteroatoms. The lowest BCUT2D eigenvalue weighted by molar-refractivity contribution is 0.199. The minimum atomic E-state index is -0.514. The zero-order valence-electron chi connectivity index (χ0n) is 9.73. The molecule has 0 aliphatic rings. The van der Waals surface area contributed by atoms with Crippen LogP contribution in [0.4, 0.5) is 4.39 Å². The van der Waals surface area contributed by atoms with E-state index in [1.165, 1.54) is 12.1 Å². The maximum Gasteiger partial charge on any atom is 0.144 e. The number of ether oxygens (including phenoxy) is 1. The Balaban J connectivity index is 2.21.